The number of aliphatic carboxylic acids is 4. The minimum absolute atomic E-state index is 0. The van der Waals surface area contributed by atoms with Gasteiger partial charge in [-0.15, -0.1) is 0 Å². The molecule has 2 aliphatic rings. The third-order valence-electron chi connectivity index (χ3n) is 14.3. The van der Waals surface area contributed by atoms with E-state index >= 15 is 0 Å². The number of anilines is 1. The van der Waals surface area contributed by atoms with Crippen LogP contribution in [0, 0.1) is 6.92 Å². The fourth-order valence-corrected chi connectivity index (χ4v) is 10.5. The van der Waals surface area contributed by atoms with Crippen LogP contribution in [0.3, 0.4) is 0 Å². The number of carbonyl (C=O) groups is 8. The summed E-state index contributed by atoms with van der Waals surface area (Å²) in [4.78, 5) is 130. The van der Waals surface area contributed by atoms with E-state index in [0.29, 0.717) is 38.9 Å². The predicted molar refractivity (Wildman–Crippen MR) is 298 cm³/mol. The summed E-state index contributed by atoms with van der Waals surface area (Å²) in [5, 5.41) is 43.0. The number of hydrogen-bond donors (Lipinski definition) is 7. The Kier molecular flexibility index (Phi) is 21.9. The number of fused-ring (bicyclic) bond motifs is 7. The van der Waals surface area contributed by atoms with Crippen molar-refractivity contribution in [2.45, 2.75) is 44.8 Å². The van der Waals surface area contributed by atoms with Gasteiger partial charge in [-0.1, -0.05) is 66.7 Å². The number of ether oxygens (including phenoxy) is 2. The number of hydrogen-bond acceptors (Lipinski definition) is 15. The zero-order chi connectivity index (χ0) is 58.6. The van der Waals surface area contributed by atoms with Crippen LogP contribution in [0.2, 0.25) is 0 Å². The van der Waals surface area contributed by atoms with Gasteiger partial charge >= 0.3 is 47.0 Å². The SMILES string of the molecule is Cc1nc2ccc3ccc(CN(C(=O)OCC4c5ccccc5-c5ccccc54)c4ccc5c(c4)CN(C(CCC(=O)NCCN(CCOCCN)C(=O)CN(CCN(CC(=O)O)CC(=O)O)CC(=O)O)C(=O)O)C5=O)cc3c2c(=O)[nH]1.[Fe+2].[Fm]. The molecule has 8 N–H and O–H groups in total. The number of aromatic amines is 1. The van der Waals surface area contributed by atoms with Gasteiger partial charge in [0.15, 0.2) is 0 Å². The summed E-state index contributed by atoms with van der Waals surface area (Å²) < 4.78 is 11.7. The van der Waals surface area contributed by atoms with Crippen molar-refractivity contribution < 1.29 is 85.3 Å². The molecule has 448 valence electrons. The van der Waals surface area contributed by atoms with Gasteiger partial charge in [0.25, 0.3) is 11.5 Å². The minimum Gasteiger partial charge on any atom is -0.480 e. The second-order valence-electron chi connectivity index (χ2n) is 20.0. The molecule has 5 aromatic carbocycles. The van der Waals surface area contributed by atoms with E-state index in [1.54, 1.807) is 25.1 Å². The first-order chi connectivity index (χ1) is 39.4. The first-order valence-electron chi connectivity index (χ1n) is 26.5. The van der Waals surface area contributed by atoms with Crippen molar-refractivity contribution in [3.8, 4) is 11.1 Å². The Morgan fingerprint density at radius 1 is 0.774 bits per heavy atom. The molecule has 24 nitrogen and oxygen atoms in total. The van der Waals surface area contributed by atoms with Crippen LogP contribution in [0.15, 0.2) is 102 Å². The summed E-state index contributed by atoms with van der Waals surface area (Å²) in [7, 11) is 0. The number of nitrogens with zero attached hydrogens (tertiary/aromatic N) is 6. The number of carbonyl (C=O) groups excluding carboxylic acids is 4. The fourth-order valence-electron chi connectivity index (χ4n) is 10.5. The Morgan fingerprint density at radius 3 is 2.04 bits per heavy atom. The Labute approximate surface area is 486 Å². The summed E-state index contributed by atoms with van der Waals surface area (Å²) in [5.41, 5.74) is 11.5. The number of benzene rings is 5. The average molecular weight is 1440 g/mol. The standard InChI is InChI=1S/C58H63N9O15.Fe.Fm/c1-35-61-47-15-12-37-11-10-36(26-45(37)54(47)55(76)62-35)28-66(58(80)82-34-46-43-8-4-2-6-41(43)42-7-3-5-9-44(42)46)39-13-14-40-38(27-39)29-67(56(40)77)48(57(78)79)16-17-49(68)60-19-20-65(23-25-81-24-18-59)50(69)30-63(31-51(70)71)21-22-64(32-52(72)73)33-53(74)75;;/h2-15,26-27,46,48H,16-25,28-34,59H2,1H3,(H,60,68)(H,70,71)(H,72,73)(H,74,75)(H,78,79)(H,61,62,76);;/q;+2;. The first kappa shape index (κ1) is 63.6. The average Bonchev–Trinajstić information content (AvgIpc) is 4.09. The van der Waals surface area contributed by atoms with Crippen LogP contribution in [-0.2, 0) is 68.4 Å². The largest absolute Gasteiger partial charge is 2.00 e. The van der Waals surface area contributed by atoms with Crippen LogP contribution in [-0.4, -0.2) is 189 Å². The topological polar surface area (TPSA) is 336 Å². The molecule has 1 aliphatic heterocycles. The van der Waals surface area contributed by atoms with Crippen LogP contribution in [0.1, 0.15) is 57.2 Å². The number of rotatable bonds is 29. The van der Waals surface area contributed by atoms with Crippen molar-refractivity contribution in [1.29, 1.82) is 0 Å². The van der Waals surface area contributed by atoms with Crippen molar-refractivity contribution in [2.24, 2.45) is 5.73 Å². The predicted octanol–water partition coefficient (Wildman–Crippen LogP) is 3.31. The van der Waals surface area contributed by atoms with E-state index in [2.05, 4.69) is 15.3 Å². The number of aryl methyl sites for hydroxylation is 1. The smallest absolute Gasteiger partial charge is 0.480 e. The van der Waals surface area contributed by atoms with Gasteiger partial charge in [-0.05, 0) is 87.8 Å². The van der Waals surface area contributed by atoms with Gasteiger partial charge in [0.2, 0.25) is 11.8 Å². The Hall–Kier alpha value is -9.58. The first-order valence-corrected chi connectivity index (χ1v) is 26.5. The van der Waals surface area contributed by atoms with Gasteiger partial charge in [0.05, 0.1) is 56.8 Å². The number of carboxylic acid groups (broad SMARTS) is 4. The number of nitrogens with two attached hydrogens (primary N) is 1. The van der Waals surface area contributed by atoms with E-state index in [9.17, 15) is 63.6 Å². The van der Waals surface area contributed by atoms with E-state index in [1.165, 1.54) is 20.8 Å². The summed E-state index contributed by atoms with van der Waals surface area (Å²) in [5.74, 6) is -6.82. The molecular formula is C58H63FeFmN9O15+2. The molecule has 0 saturated carbocycles. The van der Waals surface area contributed by atoms with Gasteiger partial charge in [0, 0.05) is 69.4 Å². The van der Waals surface area contributed by atoms with Gasteiger partial charge in [-0.25, -0.2) is 14.6 Å². The molecule has 1 unspecified atom stereocenters. The Morgan fingerprint density at radius 2 is 1.40 bits per heavy atom. The molecule has 8 rings (SSSR count). The van der Waals surface area contributed by atoms with E-state index in [1.807, 2.05) is 72.8 Å². The number of H-pyrrole nitrogens is 1. The zero-order valence-electron chi connectivity index (χ0n) is 45.6. The third-order valence-corrected chi connectivity index (χ3v) is 14.3. The van der Waals surface area contributed by atoms with Gasteiger partial charge in [0.1, 0.15) is 18.5 Å². The third kappa shape index (κ3) is 15.5. The zero-order valence-corrected chi connectivity index (χ0v) is 49.1. The molecule has 6 aromatic rings. The van der Waals surface area contributed by atoms with Crippen LogP contribution in [0.5, 0.6) is 0 Å². The van der Waals surface area contributed by atoms with E-state index < -0.39 is 79.9 Å². The van der Waals surface area contributed by atoms with Crippen LogP contribution in [0.4, 0.5) is 10.5 Å². The summed E-state index contributed by atoms with van der Waals surface area (Å²) in [6.07, 6.45) is -1.34. The number of carboxylic acids is 4. The van der Waals surface area contributed by atoms with E-state index in [4.69, 9.17) is 15.2 Å². The normalized spacial score (nSPS) is 12.7. The van der Waals surface area contributed by atoms with Gasteiger partial charge in [-0.2, -0.15) is 0 Å². The molecule has 26 heteroatoms. The summed E-state index contributed by atoms with van der Waals surface area (Å²) in [6, 6.07) is 28.3. The molecule has 1 aromatic heterocycles. The molecule has 0 spiro atoms. The summed E-state index contributed by atoms with van der Waals surface area (Å²) in [6.45, 7) is -1.01. The maximum absolute atomic E-state index is 14.6. The quantitative estimate of drug-likeness (QED) is 0.0201. The molecular weight excluding hydrogens is 1380 g/mol. The fraction of sp³-hybridized carbons (Fsp3) is 0.345. The molecule has 0 bridgehead atoms. The van der Waals surface area contributed by atoms with Crippen molar-refractivity contribution >= 4 is 75.1 Å². The molecule has 84 heavy (non-hydrogen) atoms. The van der Waals surface area contributed by atoms with E-state index in [0.717, 1.165) is 37.4 Å². The van der Waals surface area contributed by atoms with Crippen molar-refractivity contribution in [1.82, 2.24) is 34.9 Å². The minimum atomic E-state index is -1.46. The maximum atomic E-state index is 14.6. The Bertz CT molecular complexity index is 3430. The van der Waals surface area contributed by atoms with Crippen molar-refractivity contribution in [2.75, 3.05) is 90.2 Å². The van der Waals surface area contributed by atoms with Crippen LogP contribution >= 0.6 is 0 Å². The Balaban J connectivity index is 0.00000566. The number of amides is 4. The monoisotopic (exact) mass is 1440 g/mol. The van der Waals surface area contributed by atoms with Gasteiger partial charge < -0.3 is 55.7 Å². The van der Waals surface area contributed by atoms with Gasteiger partial charge in [-0.3, -0.25) is 48.3 Å². The molecule has 0 fully saturated rings. The molecule has 0 saturated heterocycles. The number of nitrogens with one attached hydrogen (secondary N) is 2. The molecule has 2 heterocycles. The van der Waals surface area contributed by atoms with Crippen LogP contribution < -0.4 is 21.5 Å². The number of aromatic nitrogens is 2. The molecule has 1 aliphatic carbocycles. The molecule has 4 amide bonds. The van der Waals surface area contributed by atoms with Crippen molar-refractivity contribution in [3.05, 3.63) is 141 Å². The second kappa shape index (κ2) is 28.9. The van der Waals surface area contributed by atoms with Crippen LogP contribution in [0.25, 0.3) is 32.8 Å². The summed E-state index contributed by atoms with van der Waals surface area (Å²) >= 11 is 0. The maximum Gasteiger partial charge on any atom is 2.00 e. The second-order valence-corrected chi connectivity index (χ2v) is 20.0. The molecule has 1 atom stereocenters. The van der Waals surface area contributed by atoms with Crippen molar-refractivity contribution in [3.63, 3.8) is 0 Å². The van der Waals surface area contributed by atoms with E-state index in [-0.39, 0.29) is 119 Å². The molecule has 0 radical (unpaired) electrons.